The molecule has 1 aromatic heterocycles. The number of anilines is 1. The van der Waals surface area contributed by atoms with Gasteiger partial charge in [-0.3, -0.25) is 0 Å². The van der Waals surface area contributed by atoms with Gasteiger partial charge in [-0.25, -0.2) is 0 Å². The molecular weight excluding hydrogens is 376 g/mol. The van der Waals surface area contributed by atoms with Gasteiger partial charge in [0.05, 0.1) is 26.2 Å². The SMILES string of the molecule is Cc1cccc(N2CC[NH+](C/C(O)=C(\C#N)c3nnc4n3CCCCC4)CC2)c1C. The van der Waals surface area contributed by atoms with Crippen LogP contribution in [0.1, 0.15) is 42.0 Å². The zero-order valence-electron chi connectivity index (χ0n) is 18.0. The smallest absolute Gasteiger partial charge is 0.178 e. The zero-order chi connectivity index (χ0) is 21.1. The third-order valence-electron chi connectivity index (χ3n) is 6.54. The number of nitrogens with one attached hydrogen (secondary N) is 1. The minimum atomic E-state index is 0.132. The highest BCUT2D eigenvalue weighted by molar-refractivity contribution is 5.74. The van der Waals surface area contributed by atoms with Gasteiger partial charge in [0.1, 0.15) is 24.0 Å². The minimum Gasteiger partial charge on any atom is -0.506 e. The molecule has 158 valence electrons. The van der Waals surface area contributed by atoms with E-state index in [2.05, 4.69) is 53.2 Å². The van der Waals surface area contributed by atoms with Crippen LogP contribution in [0.3, 0.4) is 0 Å². The van der Waals surface area contributed by atoms with Crippen LogP contribution in [0.5, 0.6) is 0 Å². The monoisotopic (exact) mass is 407 g/mol. The predicted molar refractivity (Wildman–Crippen MR) is 116 cm³/mol. The number of fused-ring (bicyclic) bond motifs is 1. The first-order valence-electron chi connectivity index (χ1n) is 11.0. The van der Waals surface area contributed by atoms with Crippen LogP contribution in [0.25, 0.3) is 5.57 Å². The van der Waals surface area contributed by atoms with Gasteiger partial charge < -0.3 is 19.5 Å². The summed E-state index contributed by atoms with van der Waals surface area (Å²) in [6.45, 7) is 9.33. The molecule has 0 aliphatic carbocycles. The molecule has 7 heteroatoms. The van der Waals surface area contributed by atoms with E-state index >= 15 is 0 Å². The number of allylic oxidation sites excluding steroid dienone is 1. The molecule has 2 aromatic rings. The van der Waals surface area contributed by atoms with E-state index in [0.29, 0.717) is 12.4 Å². The van der Waals surface area contributed by atoms with E-state index in [9.17, 15) is 10.4 Å². The quantitative estimate of drug-likeness (QED) is 0.597. The van der Waals surface area contributed by atoms with Gasteiger partial charge in [-0.2, -0.15) is 5.26 Å². The minimum absolute atomic E-state index is 0.132. The van der Waals surface area contributed by atoms with Crippen molar-refractivity contribution in [2.75, 3.05) is 37.6 Å². The van der Waals surface area contributed by atoms with Crippen molar-refractivity contribution >= 4 is 11.3 Å². The third-order valence-corrected chi connectivity index (χ3v) is 6.54. The third kappa shape index (κ3) is 4.05. The highest BCUT2D eigenvalue weighted by Gasteiger charge is 2.26. The van der Waals surface area contributed by atoms with E-state index in [1.807, 2.05) is 4.57 Å². The van der Waals surface area contributed by atoms with E-state index < -0.39 is 0 Å². The van der Waals surface area contributed by atoms with E-state index in [1.54, 1.807) is 0 Å². The number of hydrogen-bond donors (Lipinski definition) is 2. The molecule has 0 saturated carbocycles. The molecule has 0 amide bonds. The molecule has 0 radical (unpaired) electrons. The fourth-order valence-corrected chi connectivity index (χ4v) is 4.56. The highest BCUT2D eigenvalue weighted by Crippen LogP contribution is 2.23. The lowest BCUT2D eigenvalue weighted by molar-refractivity contribution is -0.897. The van der Waals surface area contributed by atoms with E-state index in [-0.39, 0.29) is 11.3 Å². The van der Waals surface area contributed by atoms with Crippen molar-refractivity contribution in [2.24, 2.45) is 0 Å². The predicted octanol–water partition coefficient (Wildman–Crippen LogP) is 1.82. The molecule has 3 heterocycles. The van der Waals surface area contributed by atoms with Gasteiger partial charge in [0.2, 0.25) is 0 Å². The van der Waals surface area contributed by atoms with Crippen molar-refractivity contribution in [3.63, 3.8) is 0 Å². The molecule has 0 bridgehead atoms. The van der Waals surface area contributed by atoms with Crippen LogP contribution in [-0.2, 0) is 13.0 Å². The van der Waals surface area contributed by atoms with Crippen LogP contribution in [0.2, 0.25) is 0 Å². The molecule has 4 rings (SSSR count). The average Bonchev–Trinajstić information content (AvgIpc) is 2.99. The number of aryl methyl sites for hydroxylation is 2. The lowest BCUT2D eigenvalue weighted by Crippen LogP contribution is -3.15. The maximum absolute atomic E-state index is 10.8. The van der Waals surface area contributed by atoms with Gasteiger partial charge >= 0.3 is 0 Å². The molecule has 30 heavy (non-hydrogen) atoms. The number of hydrogen-bond acceptors (Lipinski definition) is 5. The zero-order valence-corrected chi connectivity index (χ0v) is 18.0. The Bertz CT molecular complexity index is 978. The van der Waals surface area contributed by atoms with Crippen LogP contribution in [-0.4, -0.2) is 52.6 Å². The number of aliphatic hydroxyl groups is 1. The molecule has 0 atom stereocenters. The van der Waals surface area contributed by atoms with Gasteiger partial charge in [-0.1, -0.05) is 18.6 Å². The lowest BCUT2D eigenvalue weighted by atomic mass is 10.1. The second kappa shape index (κ2) is 8.88. The Morgan fingerprint density at radius 2 is 1.93 bits per heavy atom. The largest absolute Gasteiger partial charge is 0.506 e. The number of quaternary nitrogens is 1. The summed E-state index contributed by atoms with van der Waals surface area (Å²) < 4.78 is 2.02. The normalized spacial score (nSPS) is 18.4. The van der Waals surface area contributed by atoms with Gasteiger partial charge in [0, 0.05) is 18.7 Å². The molecule has 0 unspecified atom stereocenters. The molecule has 2 aliphatic rings. The highest BCUT2D eigenvalue weighted by atomic mass is 16.3. The molecule has 1 fully saturated rings. The van der Waals surface area contributed by atoms with Crippen molar-refractivity contribution < 1.29 is 10.0 Å². The van der Waals surface area contributed by atoms with E-state index in [0.717, 1.165) is 64.2 Å². The molecule has 1 saturated heterocycles. The Kier molecular flexibility index (Phi) is 6.05. The summed E-state index contributed by atoms with van der Waals surface area (Å²) in [5, 5.41) is 29.1. The molecule has 0 spiro atoms. The van der Waals surface area contributed by atoms with Crippen LogP contribution >= 0.6 is 0 Å². The number of aliphatic hydroxyl groups excluding tert-OH is 1. The molecule has 7 nitrogen and oxygen atoms in total. The summed E-state index contributed by atoms with van der Waals surface area (Å²) in [5.41, 5.74) is 4.23. The maximum atomic E-state index is 10.8. The number of benzene rings is 1. The molecular formula is C23H31N6O+. The first-order chi connectivity index (χ1) is 14.6. The maximum Gasteiger partial charge on any atom is 0.178 e. The summed E-state index contributed by atoms with van der Waals surface area (Å²) in [7, 11) is 0. The van der Waals surface area contributed by atoms with Gasteiger partial charge in [0.15, 0.2) is 11.6 Å². The summed E-state index contributed by atoms with van der Waals surface area (Å²) in [5.74, 6) is 1.59. The van der Waals surface area contributed by atoms with Crippen LogP contribution in [0, 0.1) is 25.2 Å². The number of nitrogens with zero attached hydrogens (tertiary/aromatic N) is 5. The Labute approximate surface area is 178 Å². The van der Waals surface area contributed by atoms with Crippen molar-refractivity contribution in [3.05, 3.63) is 46.7 Å². The Morgan fingerprint density at radius 1 is 1.13 bits per heavy atom. The number of aromatic nitrogens is 3. The number of rotatable bonds is 4. The van der Waals surface area contributed by atoms with E-state index in [4.69, 9.17) is 0 Å². The van der Waals surface area contributed by atoms with Crippen molar-refractivity contribution in [1.29, 1.82) is 5.26 Å². The fourth-order valence-electron chi connectivity index (χ4n) is 4.56. The van der Waals surface area contributed by atoms with Crippen molar-refractivity contribution in [2.45, 2.75) is 46.1 Å². The van der Waals surface area contributed by atoms with Crippen LogP contribution < -0.4 is 9.80 Å². The van der Waals surface area contributed by atoms with Crippen LogP contribution in [0.4, 0.5) is 5.69 Å². The van der Waals surface area contributed by atoms with Gasteiger partial charge in [-0.15, -0.1) is 10.2 Å². The topological polar surface area (TPSA) is 82.4 Å². The average molecular weight is 408 g/mol. The summed E-state index contributed by atoms with van der Waals surface area (Å²) in [6, 6.07) is 8.65. The first kappa shape index (κ1) is 20.4. The first-order valence-corrected chi connectivity index (χ1v) is 11.0. The summed E-state index contributed by atoms with van der Waals surface area (Å²) >= 11 is 0. The molecule has 2 aliphatic heterocycles. The van der Waals surface area contributed by atoms with Crippen molar-refractivity contribution in [3.8, 4) is 6.07 Å². The summed E-state index contributed by atoms with van der Waals surface area (Å²) in [6.07, 6.45) is 4.21. The van der Waals surface area contributed by atoms with Crippen LogP contribution in [0.15, 0.2) is 24.0 Å². The number of nitriles is 1. The fraction of sp³-hybridized carbons (Fsp3) is 0.522. The Morgan fingerprint density at radius 3 is 2.70 bits per heavy atom. The van der Waals surface area contributed by atoms with E-state index in [1.165, 1.54) is 21.7 Å². The second-order valence-electron chi connectivity index (χ2n) is 8.47. The second-order valence-corrected chi connectivity index (χ2v) is 8.47. The molecule has 2 N–H and O–H groups in total. The standard InChI is InChI=1S/C23H30N6O/c1-17-7-6-8-20(18(17)2)28-13-11-27(12-14-28)16-21(30)19(15-24)23-26-25-22-9-4-3-5-10-29(22)23/h6-8,30H,3-5,9-14,16H2,1-2H3/p+1/b21-19-. The summed E-state index contributed by atoms with van der Waals surface area (Å²) in [4.78, 5) is 3.72. The van der Waals surface area contributed by atoms with Crippen molar-refractivity contribution in [1.82, 2.24) is 14.8 Å². The lowest BCUT2D eigenvalue weighted by Gasteiger charge is -2.34. The Hall–Kier alpha value is -2.85. The number of piperazine rings is 1. The van der Waals surface area contributed by atoms with Gasteiger partial charge in [-0.05, 0) is 43.9 Å². The molecule has 1 aromatic carbocycles. The van der Waals surface area contributed by atoms with Gasteiger partial charge in [0.25, 0.3) is 0 Å². The Balaban J connectivity index is 1.45.